The Hall–Kier alpha value is -2.31. The molecule has 0 spiro atoms. The lowest BCUT2D eigenvalue weighted by atomic mass is 10.3. The zero-order chi connectivity index (χ0) is 14.5. The van der Waals surface area contributed by atoms with Gasteiger partial charge in [-0.15, -0.1) is 0 Å². The summed E-state index contributed by atoms with van der Waals surface area (Å²) >= 11 is 0. The van der Waals surface area contributed by atoms with Crippen molar-refractivity contribution in [1.29, 1.82) is 0 Å². The molecule has 0 heterocycles. The van der Waals surface area contributed by atoms with Crippen LogP contribution in [-0.4, -0.2) is 31.1 Å². The number of nitro benzene ring substituents is 1. The molecule has 1 saturated carbocycles. The second kappa shape index (κ2) is 6.23. The number of methoxy groups -OCH3 is 1. The van der Waals surface area contributed by atoms with Gasteiger partial charge in [-0.2, -0.15) is 0 Å². The molecule has 0 atom stereocenters. The van der Waals surface area contributed by atoms with Gasteiger partial charge in [-0.1, -0.05) is 0 Å². The zero-order valence-electron chi connectivity index (χ0n) is 11.1. The van der Waals surface area contributed by atoms with Crippen molar-refractivity contribution in [3.8, 4) is 11.5 Å². The first-order valence-electron chi connectivity index (χ1n) is 6.32. The van der Waals surface area contributed by atoms with Crippen LogP contribution in [0.2, 0.25) is 0 Å². The molecule has 0 unspecified atom stereocenters. The van der Waals surface area contributed by atoms with Crippen LogP contribution >= 0.6 is 0 Å². The van der Waals surface area contributed by atoms with E-state index in [1.54, 1.807) is 6.07 Å². The number of benzene rings is 1. The summed E-state index contributed by atoms with van der Waals surface area (Å²) in [6.45, 7) is 0.410. The van der Waals surface area contributed by atoms with Crippen molar-refractivity contribution in [2.75, 3.05) is 20.3 Å². The third kappa shape index (κ3) is 3.84. The largest absolute Gasteiger partial charge is 0.496 e. The normalized spacial score (nSPS) is 13.7. The van der Waals surface area contributed by atoms with Gasteiger partial charge in [0.2, 0.25) is 0 Å². The minimum atomic E-state index is -0.569. The molecule has 1 aliphatic rings. The summed E-state index contributed by atoms with van der Waals surface area (Å²) in [5.74, 6) is 0.718. The number of ether oxygens (including phenoxy) is 2. The van der Waals surface area contributed by atoms with Gasteiger partial charge < -0.3 is 14.8 Å². The summed E-state index contributed by atoms with van der Waals surface area (Å²) in [6, 6.07) is 4.23. The first kappa shape index (κ1) is 14.1. The minimum absolute atomic E-state index is 0.0531. The van der Waals surface area contributed by atoms with E-state index in [0.29, 0.717) is 18.2 Å². The SMILES string of the molecule is COc1ccc(OCC(=O)NCC2CC2)c([N+](=O)[O-])c1. The molecular weight excluding hydrogens is 264 g/mol. The molecular formula is C13H16N2O5. The van der Waals surface area contributed by atoms with Crippen molar-refractivity contribution in [2.24, 2.45) is 5.92 Å². The second-order valence-electron chi connectivity index (χ2n) is 4.63. The monoisotopic (exact) mass is 280 g/mol. The van der Waals surface area contributed by atoms with Gasteiger partial charge in [0.05, 0.1) is 18.1 Å². The molecule has 0 radical (unpaired) electrons. The van der Waals surface area contributed by atoms with Gasteiger partial charge in [0.1, 0.15) is 5.75 Å². The van der Waals surface area contributed by atoms with Gasteiger partial charge in [0.15, 0.2) is 12.4 Å². The highest BCUT2D eigenvalue weighted by Crippen LogP contribution is 2.31. The lowest BCUT2D eigenvalue weighted by Crippen LogP contribution is -2.30. The highest BCUT2D eigenvalue weighted by molar-refractivity contribution is 5.77. The fraction of sp³-hybridized carbons (Fsp3) is 0.462. The zero-order valence-corrected chi connectivity index (χ0v) is 11.1. The van der Waals surface area contributed by atoms with Crippen LogP contribution in [0, 0.1) is 16.0 Å². The van der Waals surface area contributed by atoms with Gasteiger partial charge in [-0.3, -0.25) is 14.9 Å². The molecule has 1 fully saturated rings. The Bertz CT molecular complexity index is 513. The van der Waals surface area contributed by atoms with Gasteiger partial charge in [-0.25, -0.2) is 0 Å². The fourth-order valence-corrected chi connectivity index (χ4v) is 1.66. The van der Waals surface area contributed by atoms with Gasteiger partial charge in [0, 0.05) is 6.54 Å². The summed E-state index contributed by atoms with van der Waals surface area (Å²) in [4.78, 5) is 21.9. The van der Waals surface area contributed by atoms with Crippen molar-refractivity contribution in [3.05, 3.63) is 28.3 Å². The molecule has 0 aliphatic heterocycles. The predicted molar refractivity (Wildman–Crippen MR) is 70.9 cm³/mol. The second-order valence-corrected chi connectivity index (χ2v) is 4.63. The van der Waals surface area contributed by atoms with Crippen molar-refractivity contribution in [1.82, 2.24) is 5.32 Å². The van der Waals surface area contributed by atoms with E-state index in [1.807, 2.05) is 0 Å². The van der Waals surface area contributed by atoms with Crippen LogP contribution in [0.3, 0.4) is 0 Å². The van der Waals surface area contributed by atoms with Gasteiger partial charge in [-0.05, 0) is 30.9 Å². The Morgan fingerprint density at radius 2 is 2.25 bits per heavy atom. The van der Waals surface area contributed by atoms with E-state index in [-0.39, 0.29) is 24.0 Å². The smallest absolute Gasteiger partial charge is 0.314 e. The maximum atomic E-state index is 11.5. The molecule has 0 saturated heterocycles. The first-order valence-corrected chi connectivity index (χ1v) is 6.32. The summed E-state index contributed by atoms with van der Waals surface area (Å²) in [6.07, 6.45) is 2.29. The number of nitro groups is 1. The Morgan fingerprint density at radius 3 is 2.85 bits per heavy atom. The third-order valence-corrected chi connectivity index (χ3v) is 3.01. The molecule has 0 aromatic heterocycles. The number of amides is 1. The van der Waals surface area contributed by atoms with Crippen LogP contribution in [0.15, 0.2) is 18.2 Å². The topological polar surface area (TPSA) is 90.7 Å². The highest BCUT2D eigenvalue weighted by Gasteiger charge is 2.22. The van der Waals surface area contributed by atoms with E-state index in [4.69, 9.17) is 9.47 Å². The number of carbonyl (C=O) groups excluding carboxylic acids is 1. The first-order chi connectivity index (χ1) is 9.60. The molecule has 1 aromatic carbocycles. The molecule has 20 heavy (non-hydrogen) atoms. The Balaban J connectivity index is 1.93. The van der Waals surface area contributed by atoms with Crippen molar-refractivity contribution in [2.45, 2.75) is 12.8 Å². The van der Waals surface area contributed by atoms with Crippen molar-refractivity contribution >= 4 is 11.6 Å². The van der Waals surface area contributed by atoms with Crippen LogP contribution in [0.25, 0.3) is 0 Å². The van der Waals surface area contributed by atoms with E-state index in [1.165, 1.54) is 19.2 Å². The molecule has 1 aliphatic carbocycles. The molecule has 1 N–H and O–H groups in total. The fourth-order valence-electron chi connectivity index (χ4n) is 1.66. The standard InChI is InChI=1S/C13H16N2O5/c1-19-10-4-5-12(11(6-10)15(17)18)20-8-13(16)14-7-9-2-3-9/h4-6,9H,2-3,7-8H2,1H3,(H,14,16). The van der Waals surface area contributed by atoms with Crippen LogP contribution in [0.4, 0.5) is 5.69 Å². The van der Waals surface area contributed by atoms with E-state index in [0.717, 1.165) is 12.8 Å². The average molecular weight is 280 g/mol. The quantitative estimate of drug-likeness (QED) is 0.604. The van der Waals surface area contributed by atoms with E-state index in [2.05, 4.69) is 5.32 Å². The maximum absolute atomic E-state index is 11.5. The van der Waals surface area contributed by atoms with E-state index >= 15 is 0 Å². The lowest BCUT2D eigenvalue weighted by molar-refractivity contribution is -0.385. The minimum Gasteiger partial charge on any atom is -0.496 e. The van der Waals surface area contributed by atoms with Crippen LogP contribution in [-0.2, 0) is 4.79 Å². The van der Waals surface area contributed by atoms with E-state index in [9.17, 15) is 14.9 Å². The summed E-state index contributed by atoms with van der Waals surface area (Å²) in [5.41, 5.74) is -0.223. The molecule has 1 aromatic rings. The van der Waals surface area contributed by atoms with Crippen LogP contribution < -0.4 is 14.8 Å². The van der Waals surface area contributed by atoms with Crippen LogP contribution in [0.5, 0.6) is 11.5 Å². The summed E-state index contributed by atoms with van der Waals surface area (Å²) < 4.78 is 10.1. The Labute approximate surface area is 116 Å². The van der Waals surface area contributed by atoms with Crippen molar-refractivity contribution in [3.63, 3.8) is 0 Å². The highest BCUT2D eigenvalue weighted by atomic mass is 16.6. The third-order valence-electron chi connectivity index (χ3n) is 3.01. The van der Waals surface area contributed by atoms with Gasteiger partial charge in [0.25, 0.3) is 5.91 Å². The number of nitrogens with one attached hydrogen (secondary N) is 1. The summed E-state index contributed by atoms with van der Waals surface area (Å²) in [7, 11) is 1.42. The molecule has 7 heteroatoms. The summed E-state index contributed by atoms with van der Waals surface area (Å²) in [5, 5.41) is 13.7. The van der Waals surface area contributed by atoms with Crippen LogP contribution in [0.1, 0.15) is 12.8 Å². The molecule has 7 nitrogen and oxygen atoms in total. The van der Waals surface area contributed by atoms with E-state index < -0.39 is 4.92 Å². The Kier molecular flexibility index (Phi) is 4.39. The maximum Gasteiger partial charge on any atom is 0.314 e. The molecule has 1 amide bonds. The van der Waals surface area contributed by atoms with Gasteiger partial charge >= 0.3 is 5.69 Å². The molecule has 2 rings (SSSR count). The lowest BCUT2D eigenvalue weighted by Gasteiger charge is -2.08. The Morgan fingerprint density at radius 1 is 1.50 bits per heavy atom. The average Bonchev–Trinajstić information content (AvgIpc) is 3.26. The predicted octanol–water partition coefficient (Wildman–Crippen LogP) is 1.51. The number of carbonyl (C=O) groups is 1. The van der Waals surface area contributed by atoms with Crippen molar-refractivity contribution < 1.29 is 19.2 Å². The number of hydrogen-bond donors (Lipinski definition) is 1. The number of nitrogens with zero attached hydrogens (tertiary/aromatic N) is 1. The number of hydrogen-bond acceptors (Lipinski definition) is 5. The molecule has 0 bridgehead atoms. The molecule has 108 valence electrons. The number of rotatable bonds is 7.